The van der Waals surface area contributed by atoms with Crippen molar-refractivity contribution in [3.05, 3.63) is 0 Å². The standard InChI is InChI=1S/C6H15N3.6H2O/c1-6(7)9-4-2-8-3-5-9;;;;;;/h6,8H,2-5,7H2,1H3;6*1H2. The van der Waals surface area contributed by atoms with Gasteiger partial charge in [0.2, 0.25) is 0 Å². The summed E-state index contributed by atoms with van der Waals surface area (Å²) in [6, 6.07) is 0. The third-order valence-corrected chi connectivity index (χ3v) is 1.73. The van der Waals surface area contributed by atoms with Gasteiger partial charge in [0.25, 0.3) is 0 Å². The van der Waals surface area contributed by atoms with Gasteiger partial charge in [0.05, 0.1) is 6.17 Å². The molecule has 9 nitrogen and oxygen atoms in total. The molecule has 0 aromatic carbocycles. The summed E-state index contributed by atoms with van der Waals surface area (Å²) in [5.41, 5.74) is 5.67. The van der Waals surface area contributed by atoms with Crippen LogP contribution in [0.25, 0.3) is 0 Å². The van der Waals surface area contributed by atoms with Gasteiger partial charge in [0.1, 0.15) is 0 Å². The fraction of sp³-hybridized carbons (Fsp3) is 1.00. The Morgan fingerprint density at radius 2 is 1.27 bits per heavy atom. The molecule has 1 unspecified atom stereocenters. The Hall–Kier alpha value is -0.360. The normalized spacial score (nSPS) is 15.6. The van der Waals surface area contributed by atoms with Crippen molar-refractivity contribution < 1.29 is 32.9 Å². The molecule has 0 aromatic rings. The van der Waals surface area contributed by atoms with Crippen molar-refractivity contribution in [2.75, 3.05) is 26.2 Å². The van der Waals surface area contributed by atoms with Crippen molar-refractivity contribution >= 4 is 0 Å². The average molecular weight is 237 g/mol. The summed E-state index contributed by atoms with van der Waals surface area (Å²) in [7, 11) is 0. The van der Waals surface area contributed by atoms with Crippen molar-refractivity contribution in [1.29, 1.82) is 0 Å². The molecule has 0 amide bonds. The van der Waals surface area contributed by atoms with Gasteiger partial charge in [0, 0.05) is 26.2 Å². The molecule has 0 aliphatic carbocycles. The molecule has 15 heavy (non-hydrogen) atoms. The van der Waals surface area contributed by atoms with E-state index in [2.05, 4.69) is 10.2 Å². The van der Waals surface area contributed by atoms with E-state index in [4.69, 9.17) is 5.73 Å². The maximum atomic E-state index is 5.67. The molecule has 15 N–H and O–H groups in total. The van der Waals surface area contributed by atoms with Gasteiger partial charge in [-0.25, -0.2) is 0 Å². The van der Waals surface area contributed by atoms with E-state index in [1.54, 1.807) is 0 Å². The SMILES string of the molecule is CC(N)N1CCNCC1.O.O.O.O.O.O. The Bertz CT molecular complexity index is 90.9. The average Bonchev–Trinajstić information content (AvgIpc) is 1.90. The first-order valence-corrected chi connectivity index (χ1v) is 3.51. The lowest BCUT2D eigenvalue weighted by Gasteiger charge is -2.30. The summed E-state index contributed by atoms with van der Waals surface area (Å²) in [5.74, 6) is 0. The minimum Gasteiger partial charge on any atom is -0.412 e. The summed E-state index contributed by atoms with van der Waals surface area (Å²) in [5, 5.41) is 3.27. The summed E-state index contributed by atoms with van der Waals surface area (Å²) in [6.07, 6.45) is 0.229. The molecule has 1 atom stereocenters. The van der Waals surface area contributed by atoms with E-state index in [-0.39, 0.29) is 39.0 Å². The van der Waals surface area contributed by atoms with E-state index in [1.807, 2.05) is 6.92 Å². The highest BCUT2D eigenvalue weighted by molar-refractivity contribution is 4.69. The molecule has 1 heterocycles. The number of nitrogens with two attached hydrogens (primary N) is 1. The zero-order valence-corrected chi connectivity index (χ0v) is 8.93. The van der Waals surface area contributed by atoms with E-state index in [0.29, 0.717) is 0 Å². The van der Waals surface area contributed by atoms with Crippen LogP contribution in [-0.4, -0.2) is 70.1 Å². The number of nitrogens with one attached hydrogen (secondary N) is 1. The summed E-state index contributed by atoms with van der Waals surface area (Å²) >= 11 is 0. The maximum Gasteiger partial charge on any atom is 0.0543 e. The van der Waals surface area contributed by atoms with Crippen molar-refractivity contribution in [2.45, 2.75) is 13.1 Å². The van der Waals surface area contributed by atoms with Crippen LogP contribution in [0, 0.1) is 0 Å². The van der Waals surface area contributed by atoms with Crippen LogP contribution in [0.2, 0.25) is 0 Å². The van der Waals surface area contributed by atoms with Crippen LogP contribution < -0.4 is 11.1 Å². The molecular weight excluding hydrogens is 210 g/mol. The van der Waals surface area contributed by atoms with Crippen LogP contribution in [0.15, 0.2) is 0 Å². The minimum atomic E-state index is 0. The van der Waals surface area contributed by atoms with Crippen LogP contribution in [0.1, 0.15) is 6.92 Å². The molecule has 1 aliphatic heterocycles. The van der Waals surface area contributed by atoms with Crippen LogP contribution in [0.3, 0.4) is 0 Å². The summed E-state index contributed by atoms with van der Waals surface area (Å²) in [4.78, 5) is 2.27. The van der Waals surface area contributed by atoms with E-state index in [0.717, 1.165) is 26.2 Å². The Morgan fingerprint density at radius 3 is 1.47 bits per heavy atom. The van der Waals surface area contributed by atoms with E-state index >= 15 is 0 Å². The lowest BCUT2D eigenvalue weighted by Crippen LogP contribution is -2.50. The zero-order chi connectivity index (χ0) is 6.69. The highest BCUT2D eigenvalue weighted by Gasteiger charge is 2.11. The van der Waals surface area contributed by atoms with Crippen molar-refractivity contribution in [1.82, 2.24) is 10.2 Å². The van der Waals surface area contributed by atoms with E-state index in [1.165, 1.54) is 0 Å². The Morgan fingerprint density at radius 1 is 0.933 bits per heavy atom. The van der Waals surface area contributed by atoms with Crippen molar-refractivity contribution in [3.8, 4) is 0 Å². The first-order chi connectivity index (χ1) is 4.30. The molecule has 1 aliphatic rings. The van der Waals surface area contributed by atoms with Crippen LogP contribution in [-0.2, 0) is 0 Å². The first-order valence-electron chi connectivity index (χ1n) is 3.51. The number of rotatable bonds is 1. The number of piperazine rings is 1. The highest BCUT2D eigenvalue weighted by Crippen LogP contribution is 1.93. The number of hydrogen-bond acceptors (Lipinski definition) is 3. The van der Waals surface area contributed by atoms with E-state index in [9.17, 15) is 0 Å². The van der Waals surface area contributed by atoms with Gasteiger partial charge in [-0.15, -0.1) is 0 Å². The summed E-state index contributed by atoms with van der Waals surface area (Å²) < 4.78 is 0. The fourth-order valence-electron chi connectivity index (χ4n) is 1.09. The van der Waals surface area contributed by atoms with Gasteiger partial charge < -0.3 is 43.9 Å². The molecule has 102 valence electrons. The second-order valence-electron chi connectivity index (χ2n) is 2.53. The van der Waals surface area contributed by atoms with Gasteiger partial charge >= 0.3 is 0 Å². The van der Waals surface area contributed by atoms with Crippen molar-refractivity contribution in [3.63, 3.8) is 0 Å². The highest BCUT2D eigenvalue weighted by atomic mass is 16.0. The maximum absolute atomic E-state index is 5.67. The van der Waals surface area contributed by atoms with Crippen LogP contribution in [0.4, 0.5) is 0 Å². The number of hydrogen-bond donors (Lipinski definition) is 2. The second-order valence-corrected chi connectivity index (χ2v) is 2.53. The quantitative estimate of drug-likeness (QED) is 0.454. The topological polar surface area (TPSA) is 230 Å². The van der Waals surface area contributed by atoms with Gasteiger partial charge in [0.15, 0.2) is 0 Å². The second kappa shape index (κ2) is 19.2. The van der Waals surface area contributed by atoms with Gasteiger partial charge in [-0.3, -0.25) is 4.90 Å². The molecule has 0 spiro atoms. The predicted octanol–water partition coefficient (Wildman–Crippen LogP) is -5.75. The van der Waals surface area contributed by atoms with Crippen LogP contribution in [0.5, 0.6) is 0 Å². The van der Waals surface area contributed by atoms with Crippen molar-refractivity contribution in [2.24, 2.45) is 5.73 Å². The monoisotopic (exact) mass is 237 g/mol. The predicted molar refractivity (Wildman–Crippen MR) is 59.8 cm³/mol. The molecule has 0 saturated carbocycles. The molecule has 0 aromatic heterocycles. The lowest BCUT2D eigenvalue weighted by atomic mass is 10.3. The van der Waals surface area contributed by atoms with Crippen LogP contribution >= 0.6 is 0 Å². The largest absolute Gasteiger partial charge is 0.412 e. The van der Waals surface area contributed by atoms with Gasteiger partial charge in [-0.2, -0.15) is 0 Å². The van der Waals surface area contributed by atoms with Gasteiger partial charge in [-0.05, 0) is 6.92 Å². The molecule has 0 radical (unpaired) electrons. The third kappa shape index (κ3) is 13.6. The van der Waals surface area contributed by atoms with Gasteiger partial charge in [-0.1, -0.05) is 0 Å². The lowest BCUT2D eigenvalue weighted by molar-refractivity contribution is 0.188. The van der Waals surface area contributed by atoms with E-state index < -0.39 is 0 Å². The molecule has 9 heteroatoms. The zero-order valence-electron chi connectivity index (χ0n) is 8.93. The molecular formula is C6H27N3O6. The Kier molecular flexibility index (Phi) is 46.8. The molecule has 1 fully saturated rings. The number of nitrogens with zero attached hydrogens (tertiary/aromatic N) is 1. The first kappa shape index (κ1) is 36.5. The smallest absolute Gasteiger partial charge is 0.0543 e. The molecule has 1 saturated heterocycles. The Balaban J connectivity index is -0.0000000337. The molecule has 0 bridgehead atoms. The Labute approximate surface area is 89.1 Å². The molecule has 1 rings (SSSR count). The fourth-order valence-corrected chi connectivity index (χ4v) is 1.09. The minimum absolute atomic E-state index is 0. The summed E-state index contributed by atoms with van der Waals surface area (Å²) in [6.45, 7) is 6.39. The third-order valence-electron chi connectivity index (χ3n) is 1.73.